The van der Waals surface area contributed by atoms with Gasteiger partial charge in [-0.05, 0) is 48.8 Å². The minimum atomic E-state index is -4.12. The number of benzene rings is 2. The molecule has 0 bridgehead atoms. The fourth-order valence-electron chi connectivity index (χ4n) is 4.25. The molecule has 12 heteroatoms. The number of nitrogens with zero attached hydrogens (tertiary/aromatic N) is 2. The maximum atomic E-state index is 13.8. The van der Waals surface area contributed by atoms with Gasteiger partial charge in [0.1, 0.15) is 16.0 Å². The Kier molecular flexibility index (Phi) is 7.24. The van der Waals surface area contributed by atoms with Crippen LogP contribution in [0.3, 0.4) is 0 Å². The molecule has 0 radical (unpaired) electrons. The molecule has 2 heterocycles. The van der Waals surface area contributed by atoms with Crippen LogP contribution in [0.25, 0.3) is 10.2 Å². The van der Waals surface area contributed by atoms with Crippen LogP contribution in [0.5, 0.6) is 5.75 Å². The number of carbonyl (C=O) groups excluding carboxylic acids is 1. The van der Waals surface area contributed by atoms with Crippen molar-refractivity contribution in [3.05, 3.63) is 52.0 Å². The van der Waals surface area contributed by atoms with E-state index < -0.39 is 26.5 Å². The molecule has 1 aliphatic heterocycles. The van der Waals surface area contributed by atoms with Crippen LogP contribution in [-0.4, -0.2) is 58.5 Å². The summed E-state index contributed by atoms with van der Waals surface area (Å²) < 4.78 is 34.8. The van der Waals surface area contributed by atoms with Gasteiger partial charge in [0.25, 0.3) is 0 Å². The highest BCUT2D eigenvalue weighted by molar-refractivity contribution is 7.92. The predicted octanol–water partition coefficient (Wildman–Crippen LogP) is 4.93. The van der Waals surface area contributed by atoms with Gasteiger partial charge in [-0.15, -0.1) is 11.3 Å². The zero-order valence-corrected chi connectivity index (χ0v) is 20.8. The highest BCUT2D eigenvalue weighted by atomic mass is 32.2. The van der Waals surface area contributed by atoms with Gasteiger partial charge in [0.05, 0.1) is 16.8 Å². The molecule has 2 atom stereocenters. The van der Waals surface area contributed by atoms with Crippen LogP contribution in [0.4, 0.5) is 4.79 Å². The number of hydrogen-bond donors (Lipinski definition) is 3. The second-order valence-corrected chi connectivity index (χ2v) is 11.8. The first-order chi connectivity index (χ1) is 16.2. The molecule has 2 amide bonds. The molecule has 1 fully saturated rings. The molecule has 4 rings (SSSR count). The van der Waals surface area contributed by atoms with Gasteiger partial charge in [-0.3, -0.25) is 10.4 Å². The van der Waals surface area contributed by atoms with Gasteiger partial charge in [-0.2, -0.15) is 0 Å². The van der Waals surface area contributed by atoms with Crippen molar-refractivity contribution in [1.82, 2.24) is 15.1 Å². The molecule has 1 aliphatic rings. The van der Waals surface area contributed by atoms with Crippen LogP contribution >= 0.6 is 23.6 Å². The summed E-state index contributed by atoms with van der Waals surface area (Å²) in [6.45, 7) is 2.35. The van der Waals surface area contributed by atoms with Gasteiger partial charge < -0.3 is 14.6 Å². The number of aromatic amines is 1. The fraction of sp³-hybridized carbons (Fsp3) is 0.364. The van der Waals surface area contributed by atoms with E-state index in [0.717, 1.165) is 33.5 Å². The topological polar surface area (TPSA) is 123 Å². The van der Waals surface area contributed by atoms with E-state index in [1.54, 1.807) is 18.2 Å². The lowest BCUT2D eigenvalue weighted by Crippen LogP contribution is -2.46. The molecule has 0 unspecified atom stereocenters. The number of hydroxylamine groups is 2. The molecule has 182 valence electrons. The summed E-state index contributed by atoms with van der Waals surface area (Å²) in [6, 6.07) is 10.7. The van der Waals surface area contributed by atoms with Crippen molar-refractivity contribution in [2.75, 3.05) is 13.2 Å². The summed E-state index contributed by atoms with van der Waals surface area (Å²) in [5.41, 5.74) is 1.61. The van der Waals surface area contributed by atoms with Crippen LogP contribution in [0.15, 0.2) is 47.4 Å². The van der Waals surface area contributed by atoms with Crippen LogP contribution < -0.4 is 4.74 Å². The minimum absolute atomic E-state index is 0.0191. The highest BCUT2D eigenvalue weighted by Crippen LogP contribution is 2.41. The van der Waals surface area contributed by atoms with E-state index in [1.807, 2.05) is 25.1 Å². The zero-order chi connectivity index (χ0) is 24.5. The number of likely N-dealkylation sites (tertiary alicyclic amines) is 1. The van der Waals surface area contributed by atoms with Crippen LogP contribution in [0.1, 0.15) is 37.7 Å². The van der Waals surface area contributed by atoms with Gasteiger partial charge in [0.2, 0.25) is 9.84 Å². The summed E-state index contributed by atoms with van der Waals surface area (Å²) in [5, 5.41) is 17.0. The van der Waals surface area contributed by atoms with Gasteiger partial charge in [0.15, 0.2) is 3.95 Å². The fourth-order valence-corrected chi connectivity index (χ4v) is 7.36. The molecule has 9 nitrogen and oxygen atoms in total. The van der Waals surface area contributed by atoms with Crippen LogP contribution in [0.2, 0.25) is 0 Å². The van der Waals surface area contributed by atoms with E-state index in [1.165, 1.54) is 17.4 Å². The number of amides is 2. The van der Waals surface area contributed by atoms with Crippen molar-refractivity contribution in [3.63, 3.8) is 0 Å². The Labute approximate surface area is 206 Å². The first-order valence-electron chi connectivity index (χ1n) is 10.8. The van der Waals surface area contributed by atoms with E-state index in [-0.39, 0.29) is 29.5 Å². The van der Waals surface area contributed by atoms with Crippen molar-refractivity contribution in [2.24, 2.45) is 0 Å². The summed E-state index contributed by atoms with van der Waals surface area (Å²) >= 11 is 6.67. The number of unbranched alkanes of at least 4 members (excludes halogenated alkanes) is 1. The number of aromatic nitrogens is 1. The third-order valence-corrected chi connectivity index (χ3v) is 9.18. The maximum Gasteiger partial charge on any atom is 0.370 e. The second kappa shape index (κ2) is 10.0. The van der Waals surface area contributed by atoms with Crippen molar-refractivity contribution >= 4 is 49.6 Å². The van der Waals surface area contributed by atoms with E-state index in [4.69, 9.17) is 17.0 Å². The first-order valence-corrected chi connectivity index (χ1v) is 13.6. The molecule has 3 N–H and O–H groups in total. The van der Waals surface area contributed by atoms with E-state index in [9.17, 15) is 23.6 Å². The van der Waals surface area contributed by atoms with Crippen molar-refractivity contribution < 1.29 is 28.4 Å². The first kappa shape index (κ1) is 24.6. The molecule has 1 aromatic heterocycles. The number of para-hydroxylation sites is 2. The van der Waals surface area contributed by atoms with Crippen molar-refractivity contribution in [2.45, 2.75) is 42.4 Å². The lowest BCUT2D eigenvalue weighted by molar-refractivity contribution is -0.264. The molecular formula is C22H25N3O6S3. The third kappa shape index (κ3) is 4.68. The Hall–Kier alpha value is -2.51. The molecule has 0 saturated carbocycles. The SMILES string of the molecule is CCCCOc1ccccc1S(=O)(=O)[C@@H]1C[C@@H](c2cccc3sc(=S)[nH]c23)CN1C(=O)N(O)O. The van der Waals surface area contributed by atoms with E-state index >= 15 is 0 Å². The number of nitrogens with one attached hydrogen (secondary N) is 1. The summed E-state index contributed by atoms with van der Waals surface area (Å²) in [6.07, 6.45) is 1.72. The molecular weight excluding hydrogens is 498 g/mol. The lowest BCUT2D eigenvalue weighted by Gasteiger charge is -2.26. The highest BCUT2D eigenvalue weighted by Gasteiger charge is 2.46. The predicted molar refractivity (Wildman–Crippen MR) is 130 cm³/mol. The zero-order valence-electron chi connectivity index (χ0n) is 18.4. The second-order valence-electron chi connectivity index (χ2n) is 8.04. The molecule has 34 heavy (non-hydrogen) atoms. The number of sulfone groups is 1. The maximum absolute atomic E-state index is 13.8. The monoisotopic (exact) mass is 523 g/mol. The molecule has 1 saturated heterocycles. The largest absolute Gasteiger partial charge is 0.492 e. The van der Waals surface area contributed by atoms with E-state index in [2.05, 4.69) is 4.98 Å². The molecule has 0 spiro atoms. The number of hydrogen-bond acceptors (Lipinski definition) is 8. The van der Waals surface area contributed by atoms with Crippen molar-refractivity contribution in [3.8, 4) is 5.75 Å². The summed E-state index contributed by atoms with van der Waals surface area (Å²) in [7, 11) is -4.12. The quantitative estimate of drug-likeness (QED) is 0.174. The Morgan fingerprint density at radius 1 is 1.26 bits per heavy atom. The number of ether oxygens (including phenoxy) is 1. The van der Waals surface area contributed by atoms with Gasteiger partial charge in [0, 0.05) is 12.5 Å². The molecule has 0 aliphatic carbocycles. The van der Waals surface area contributed by atoms with Crippen LogP contribution in [0, 0.1) is 3.95 Å². The third-order valence-electron chi connectivity index (χ3n) is 5.86. The molecule has 2 aromatic carbocycles. The Morgan fingerprint density at radius 2 is 2.03 bits per heavy atom. The summed E-state index contributed by atoms with van der Waals surface area (Å²) in [5.74, 6) is -0.165. The number of H-pyrrole nitrogens is 1. The van der Waals surface area contributed by atoms with Crippen LogP contribution in [-0.2, 0) is 9.84 Å². The Bertz CT molecular complexity index is 1350. The number of fused-ring (bicyclic) bond motifs is 1. The van der Waals surface area contributed by atoms with Crippen molar-refractivity contribution in [1.29, 1.82) is 0 Å². The minimum Gasteiger partial charge on any atom is -0.492 e. The number of rotatable bonds is 7. The Morgan fingerprint density at radius 3 is 2.76 bits per heavy atom. The van der Waals surface area contributed by atoms with Gasteiger partial charge >= 0.3 is 6.03 Å². The van der Waals surface area contributed by atoms with Gasteiger partial charge in [-0.1, -0.05) is 42.8 Å². The summed E-state index contributed by atoms with van der Waals surface area (Å²) in [4.78, 5) is 16.7. The van der Waals surface area contributed by atoms with E-state index in [0.29, 0.717) is 10.6 Å². The lowest BCUT2D eigenvalue weighted by atomic mass is 9.97. The normalized spacial score (nSPS) is 18.4. The van der Waals surface area contributed by atoms with Gasteiger partial charge in [-0.25, -0.2) is 13.2 Å². The molecule has 3 aromatic rings. The number of thiazole rings is 1. The average molecular weight is 524 g/mol. The number of urea groups is 1. The standard InChI is InChI=1S/C22H25N3O6S3/c1-2-3-11-31-16-8-4-5-10-18(16)34(29,30)19-12-14(13-24(19)22(26)25(27)28)15-7-6-9-17-20(15)23-21(32)33-17/h4-10,14,19,27-28H,2-3,11-13H2,1H3,(H,23,32)/t14-,19-/m1/s1. The number of carbonyl (C=O) groups is 1. The average Bonchev–Trinajstić information content (AvgIpc) is 3.42. The smallest absolute Gasteiger partial charge is 0.370 e. The Balaban J connectivity index is 1.74.